The number of nitrogens with zero attached hydrogens (tertiary/aromatic N) is 1. The summed E-state index contributed by atoms with van der Waals surface area (Å²) in [5.41, 5.74) is 6.61. The standard InChI is InChI=1S/C14H22FN3O/c1-10(14(19)17-2)8-18(3)9-12-6-4-5-11(7-16)13(12)15/h4-6,10H,7-9,16H2,1-3H3,(H,17,19). The van der Waals surface area contributed by atoms with E-state index in [1.807, 2.05) is 18.9 Å². The van der Waals surface area contributed by atoms with Crippen LogP contribution in [-0.4, -0.2) is 31.4 Å². The molecule has 0 saturated heterocycles. The van der Waals surface area contributed by atoms with Gasteiger partial charge in [-0.25, -0.2) is 4.39 Å². The monoisotopic (exact) mass is 267 g/mol. The fraction of sp³-hybridized carbons (Fsp3) is 0.500. The van der Waals surface area contributed by atoms with Gasteiger partial charge in [0, 0.05) is 43.7 Å². The highest BCUT2D eigenvalue weighted by atomic mass is 19.1. The Morgan fingerprint density at radius 1 is 1.47 bits per heavy atom. The number of nitrogens with two attached hydrogens (primary N) is 1. The van der Waals surface area contributed by atoms with Crippen molar-refractivity contribution in [3.8, 4) is 0 Å². The van der Waals surface area contributed by atoms with Crippen molar-refractivity contribution in [2.45, 2.75) is 20.0 Å². The minimum Gasteiger partial charge on any atom is -0.359 e. The van der Waals surface area contributed by atoms with Crippen LogP contribution >= 0.6 is 0 Å². The molecule has 1 rings (SSSR count). The summed E-state index contributed by atoms with van der Waals surface area (Å²) >= 11 is 0. The second-order valence-electron chi connectivity index (χ2n) is 4.81. The van der Waals surface area contributed by atoms with E-state index < -0.39 is 0 Å². The molecule has 19 heavy (non-hydrogen) atoms. The van der Waals surface area contributed by atoms with E-state index in [9.17, 15) is 9.18 Å². The van der Waals surface area contributed by atoms with Gasteiger partial charge in [0.2, 0.25) is 5.91 Å². The number of benzene rings is 1. The first kappa shape index (κ1) is 15.6. The fourth-order valence-electron chi connectivity index (χ4n) is 2.06. The first-order chi connectivity index (χ1) is 8.99. The van der Waals surface area contributed by atoms with Crippen molar-refractivity contribution in [2.24, 2.45) is 11.7 Å². The third-order valence-electron chi connectivity index (χ3n) is 3.10. The molecule has 0 fully saturated rings. The van der Waals surface area contributed by atoms with Crippen molar-refractivity contribution in [3.63, 3.8) is 0 Å². The van der Waals surface area contributed by atoms with Crippen LogP contribution in [0.25, 0.3) is 0 Å². The van der Waals surface area contributed by atoms with Crippen LogP contribution in [0.5, 0.6) is 0 Å². The Hall–Kier alpha value is -1.46. The Labute approximate surface area is 113 Å². The first-order valence-electron chi connectivity index (χ1n) is 6.36. The zero-order chi connectivity index (χ0) is 14.4. The molecule has 106 valence electrons. The lowest BCUT2D eigenvalue weighted by atomic mass is 10.1. The van der Waals surface area contributed by atoms with E-state index >= 15 is 0 Å². The zero-order valence-corrected chi connectivity index (χ0v) is 11.7. The molecule has 0 aromatic heterocycles. The van der Waals surface area contributed by atoms with Crippen LogP contribution in [0.3, 0.4) is 0 Å². The molecule has 1 amide bonds. The topological polar surface area (TPSA) is 58.4 Å². The molecule has 4 nitrogen and oxygen atoms in total. The highest BCUT2D eigenvalue weighted by Crippen LogP contribution is 2.14. The normalized spacial score (nSPS) is 12.5. The number of nitrogens with one attached hydrogen (secondary N) is 1. The quantitative estimate of drug-likeness (QED) is 0.811. The van der Waals surface area contributed by atoms with Gasteiger partial charge < -0.3 is 16.0 Å². The predicted molar refractivity (Wildman–Crippen MR) is 73.9 cm³/mol. The Bertz CT molecular complexity index is 437. The van der Waals surface area contributed by atoms with Gasteiger partial charge in [0.1, 0.15) is 5.82 Å². The number of rotatable bonds is 6. The Kier molecular flexibility index (Phi) is 5.92. The molecule has 1 unspecified atom stereocenters. The van der Waals surface area contributed by atoms with Crippen molar-refractivity contribution in [1.29, 1.82) is 0 Å². The van der Waals surface area contributed by atoms with E-state index in [2.05, 4.69) is 5.32 Å². The van der Waals surface area contributed by atoms with Crippen molar-refractivity contribution >= 4 is 5.91 Å². The molecule has 0 bridgehead atoms. The molecule has 0 radical (unpaired) electrons. The molecule has 0 aliphatic heterocycles. The lowest BCUT2D eigenvalue weighted by Crippen LogP contribution is -2.34. The van der Waals surface area contributed by atoms with Crippen LogP contribution in [-0.2, 0) is 17.9 Å². The maximum absolute atomic E-state index is 14.0. The molecule has 0 aliphatic rings. The van der Waals surface area contributed by atoms with Gasteiger partial charge in [0.25, 0.3) is 0 Å². The maximum Gasteiger partial charge on any atom is 0.223 e. The Morgan fingerprint density at radius 2 is 2.11 bits per heavy atom. The molecule has 0 saturated carbocycles. The van der Waals surface area contributed by atoms with E-state index in [0.29, 0.717) is 24.2 Å². The molecular weight excluding hydrogens is 245 g/mol. The molecule has 0 heterocycles. The number of carbonyl (C=O) groups is 1. The summed E-state index contributed by atoms with van der Waals surface area (Å²) in [6, 6.07) is 5.23. The van der Waals surface area contributed by atoms with Crippen LogP contribution in [0.1, 0.15) is 18.1 Å². The van der Waals surface area contributed by atoms with E-state index in [4.69, 9.17) is 5.73 Å². The summed E-state index contributed by atoms with van der Waals surface area (Å²) in [7, 11) is 3.48. The Balaban J connectivity index is 2.67. The molecule has 1 aromatic rings. The van der Waals surface area contributed by atoms with Crippen molar-refractivity contribution in [2.75, 3.05) is 20.6 Å². The number of amides is 1. The van der Waals surface area contributed by atoms with Crippen molar-refractivity contribution in [3.05, 3.63) is 35.1 Å². The van der Waals surface area contributed by atoms with Gasteiger partial charge in [-0.15, -0.1) is 0 Å². The van der Waals surface area contributed by atoms with E-state index in [1.165, 1.54) is 0 Å². The molecule has 3 N–H and O–H groups in total. The highest BCUT2D eigenvalue weighted by molar-refractivity contribution is 5.78. The van der Waals surface area contributed by atoms with Gasteiger partial charge in [0.15, 0.2) is 0 Å². The van der Waals surface area contributed by atoms with Crippen LogP contribution in [0, 0.1) is 11.7 Å². The molecule has 0 aliphatic carbocycles. The average molecular weight is 267 g/mol. The number of hydrogen-bond donors (Lipinski definition) is 2. The molecule has 1 aromatic carbocycles. The third-order valence-corrected chi connectivity index (χ3v) is 3.10. The van der Waals surface area contributed by atoms with Gasteiger partial charge in [-0.1, -0.05) is 25.1 Å². The Morgan fingerprint density at radius 3 is 2.68 bits per heavy atom. The lowest BCUT2D eigenvalue weighted by molar-refractivity contribution is -0.124. The van der Waals surface area contributed by atoms with Gasteiger partial charge in [-0.2, -0.15) is 0 Å². The largest absolute Gasteiger partial charge is 0.359 e. The van der Waals surface area contributed by atoms with Gasteiger partial charge in [0.05, 0.1) is 0 Å². The summed E-state index contributed by atoms with van der Waals surface area (Å²) in [5, 5.41) is 2.61. The minimum absolute atomic E-state index is 0.0111. The summed E-state index contributed by atoms with van der Waals surface area (Å²) in [6.07, 6.45) is 0. The van der Waals surface area contributed by atoms with Gasteiger partial charge >= 0.3 is 0 Å². The third kappa shape index (κ3) is 4.29. The average Bonchev–Trinajstić information content (AvgIpc) is 2.40. The highest BCUT2D eigenvalue weighted by Gasteiger charge is 2.15. The SMILES string of the molecule is CNC(=O)C(C)CN(C)Cc1cccc(CN)c1F. The number of halogens is 1. The molecule has 5 heteroatoms. The van der Waals surface area contributed by atoms with Crippen molar-refractivity contribution < 1.29 is 9.18 Å². The van der Waals surface area contributed by atoms with Crippen molar-refractivity contribution in [1.82, 2.24) is 10.2 Å². The summed E-state index contributed by atoms with van der Waals surface area (Å²) in [5.74, 6) is -0.386. The predicted octanol–water partition coefficient (Wildman–Crippen LogP) is 1.10. The van der Waals surface area contributed by atoms with Gasteiger partial charge in [-0.3, -0.25) is 4.79 Å². The summed E-state index contributed by atoms with van der Waals surface area (Å²) in [4.78, 5) is 13.4. The number of carbonyl (C=O) groups excluding carboxylic acids is 1. The van der Waals surface area contributed by atoms with Crippen LogP contribution in [0.4, 0.5) is 4.39 Å². The van der Waals surface area contributed by atoms with E-state index in [0.717, 1.165) is 0 Å². The maximum atomic E-state index is 14.0. The van der Waals surface area contributed by atoms with Crippen LogP contribution < -0.4 is 11.1 Å². The number of hydrogen-bond acceptors (Lipinski definition) is 3. The van der Waals surface area contributed by atoms with Crippen LogP contribution in [0.2, 0.25) is 0 Å². The van der Waals surface area contributed by atoms with Crippen LogP contribution in [0.15, 0.2) is 18.2 Å². The molecule has 1 atom stereocenters. The zero-order valence-electron chi connectivity index (χ0n) is 11.7. The summed E-state index contributed by atoms with van der Waals surface area (Å²) < 4.78 is 14.0. The van der Waals surface area contributed by atoms with E-state index in [1.54, 1.807) is 25.2 Å². The second kappa shape index (κ2) is 7.21. The minimum atomic E-state index is -0.246. The fourth-order valence-corrected chi connectivity index (χ4v) is 2.06. The van der Waals surface area contributed by atoms with Gasteiger partial charge in [-0.05, 0) is 7.05 Å². The first-order valence-corrected chi connectivity index (χ1v) is 6.36. The lowest BCUT2D eigenvalue weighted by Gasteiger charge is -2.21. The second-order valence-corrected chi connectivity index (χ2v) is 4.81. The molecule has 0 spiro atoms. The summed E-state index contributed by atoms with van der Waals surface area (Å²) in [6.45, 7) is 3.08. The smallest absolute Gasteiger partial charge is 0.223 e. The molecular formula is C14H22FN3O. The van der Waals surface area contributed by atoms with E-state index in [-0.39, 0.29) is 24.2 Å².